The van der Waals surface area contributed by atoms with Crippen molar-refractivity contribution in [1.82, 2.24) is 4.98 Å². The molecule has 3 aromatic rings. The molecule has 210 valence electrons. The molecule has 3 rings (SSSR count). The molecule has 0 aliphatic rings. The number of aliphatic hydroxyl groups excluding tert-OH is 1. The minimum Gasteiger partial charge on any atom is -0.496 e. The van der Waals surface area contributed by atoms with Crippen molar-refractivity contribution in [2.75, 3.05) is 41.2 Å². The van der Waals surface area contributed by atoms with Gasteiger partial charge < -0.3 is 28.8 Å². The van der Waals surface area contributed by atoms with Crippen molar-refractivity contribution < 1.29 is 38.4 Å². The highest BCUT2D eigenvalue weighted by Crippen LogP contribution is 2.34. The Morgan fingerprint density at radius 3 is 2.33 bits per heavy atom. The number of rotatable bonds is 14. The minimum absolute atomic E-state index is 0.104. The fraction of sp³-hybridized carbons (Fsp3) is 0.258. The highest BCUT2D eigenvalue weighted by Gasteiger charge is 2.21. The molecule has 9 heteroatoms. The first-order chi connectivity index (χ1) is 19.4. The highest BCUT2D eigenvalue weighted by molar-refractivity contribution is 5.93. The molecule has 1 atom stereocenters. The van der Waals surface area contributed by atoms with Crippen molar-refractivity contribution in [3.8, 4) is 11.5 Å². The van der Waals surface area contributed by atoms with Crippen LogP contribution in [0.5, 0.6) is 11.5 Å². The van der Waals surface area contributed by atoms with Crippen LogP contribution in [0, 0.1) is 0 Å². The quantitative estimate of drug-likeness (QED) is 0.224. The van der Waals surface area contributed by atoms with Gasteiger partial charge in [0.15, 0.2) is 0 Å². The van der Waals surface area contributed by atoms with E-state index in [-0.39, 0.29) is 26.2 Å². The number of carbonyl (C=O) groups excluding carboxylic acids is 2. The molecule has 0 amide bonds. The number of aliphatic hydroxyl groups is 1. The van der Waals surface area contributed by atoms with Crippen molar-refractivity contribution in [2.45, 2.75) is 12.5 Å². The predicted molar refractivity (Wildman–Crippen MR) is 149 cm³/mol. The standard InChI is InChI=1S/C31H33NO8/c1-21(20-36-2)26(27-19-24(30(34)38-4)7-11-29(27)37-3)10-12-28(40-31(35)23-13-15-32-16-14-23)22-5-8-25(9-6-22)39-18-17-33/h5-11,13-16,19,28,33H,1,12,17-18,20H2,2-4H3/b26-10-/t28-/m0/s1. The van der Waals surface area contributed by atoms with Crippen LogP contribution in [0.3, 0.4) is 0 Å². The Hall–Kier alpha value is -4.47. The molecule has 0 fully saturated rings. The van der Waals surface area contributed by atoms with Gasteiger partial charge in [-0.1, -0.05) is 24.8 Å². The second kappa shape index (κ2) is 15.2. The van der Waals surface area contributed by atoms with Gasteiger partial charge in [0.05, 0.1) is 38.6 Å². The summed E-state index contributed by atoms with van der Waals surface area (Å²) in [6.07, 6.45) is 4.49. The van der Waals surface area contributed by atoms with E-state index in [0.717, 1.165) is 5.56 Å². The van der Waals surface area contributed by atoms with E-state index in [4.69, 9.17) is 28.8 Å². The third kappa shape index (κ3) is 8.02. The van der Waals surface area contributed by atoms with Gasteiger partial charge in [-0.15, -0.1) is 0 Å². The van der Waals surface area contributed by atoms with Gasteiger partial charge in [-0.2, -0.15) is 0 Å². The van der Waals surface area contributed by atoms with Crippen LogP contribution in [0.4, 0.5) is 0 Å². The first-order valence-corrected chi connectivity index (χ1v) is 12.5. The SMILES string of the molecule is C=C(COC)/C(=C/C[C@H](OC(=O)c1ccncc1)c1ccc(OCCO)cc1)c1cc(C(=O)OC)ccc1OC. The lowest BCUT2D eigenvalue weighted by Gasteiger charge is -2.20. The summed E-state index contributed by atoms with van der Waals surface area (Å²) in [5.41, 5.74) is 3.34. The normalized spacial score (nSPS) is 11.8. The van der Waals surface area contributed by atoms with Crippen LogP contribution < -0.4 is 9.47 Å². The number of ether oxygens (including phenoxy) is 5. The van der Waals surface area contributed by atoms with Crippen LogP contribution in [0.1, 0.15) is 44.4 Å². The number of nitrogens with zero attached hydrogens (tertiary/aromatic N) is 1. The van der Waals surface area contributed by atoms with E-state index in [0.29, 0.717) is 39.3 Å². The van der Waals surface area contributed by atoms with Gasteiger partial charge in [0.25, 0.3) is 0 Å². The van der Waals surface area contributed by atoms with Crippen molar-refractivity contribution in [3.05, 3.63) is 107 Å². The monoisotopic (exact) mass is 547 g/mol. The third-order valence-corrected chi connectivity index (χ3v) is 5.92. The van der Waals surface area contributed by atoms with E-state index in [9.17, 15) is 9.59 Å². The average Bonchev–Trinajstić information content (AvgIpc) is 2.99. The average molecular weight is 548 g/mol. The molecule has 1 aromatic heterocycles. The fourth-order valence-corrected chi connectivity index (χ4v) is 3.96. The second-order valence-corrected chi connectivity index (χ2v) is 8.57. The van der Waals surface area contributed by atoms with E-state index < -0.39 is 18.0 Å². The number of hydrogen-bond donors (Lipinski definition) is 1. The summed E-state index contributed by atoms with van der Waals surface area (Å²) in [4.78, 5) is 29.2. The van der Waals surface area contributed by atoms with Gasteiger partial charge in [0.1, 0.15) is 24.2 Å². The summed E-state index contributed by atoms with van der Waals surface area (Å²) in [6, 6.07) is 15.2. The zero-order valence-corrected chi connectivity index (χ0v) is 22.8. The summed E-state index contributed by atoms with van der Waals surface area (Å²) in [5.74, 6) is 0.0927. The smallest absolute Gasteiger partial charge is 0.338 e. The maximum Gasteiger partial charge on any atom is 0.338 e. The van der Waals surface area contributed by atoms with Crippen LogP contribution in [0.15, 0.2) is 85.2 Å². The van der Waals surface area contributed by atoms with Gasteiger partial charge in [0.2, 0.25) is 0 Å². The number of pyridine rings is 1. The molecule has 1 heterocycles. The Bertz CT molecular complexity index is 1320. The molecular formula is C31H33NO8. The first-order valence-electron chi connectivity index (χ1n) is 12.5. The summed E-state index contributed by atoms with van der Waals surface area (Å²) < 4.78 is 27.2. The maximum absolute atomic E-state index is 13.0. The number of hydrogen-bond acceptors (Lipinski definition) is 9. The molecule has 40 heavy (non-hydrogen) atoms. The number of methoxy groups -OCH3 is 3. The number of esters is 2. The lowest BCUT2D eigenvalue weighted by Crippen LogP contribution is -2.12. The Morgan fingerprint density at radius 1 is 0.975 bits per heavy atom. The van der Waals surface area contributed by atoms with Crippen molar-refractivity contribution in [3.63, 3.8) is 0 Å². The van der Waals surface area contributed by atoms with E-state index in [1.165, 1.54) is 26.6 Å². The number of benzene rings is 2. The second-order valence-electron chi connectivity index (χ2n) is 8.57. The summed E-state index contributed by atoms with van der Waals surface area (Å²) >= 11 is 0. The molecule has 1 N–H and O–H groups in total. The minimum atomic E-state index is -0.687. The van der Waals surface area contributed by atoms with Gasteiger partial charge in [0, 0.05) is 31.5 Å². The Kier molecular flexibility index (Phi) is 11.4. The van der Waals surface area contributed by atoms with Crippen LogP contribution in [0.2, 0.25) is 0 Å². The van der Waals surface area contributed by atoms with Gasteiger partial charge >= 0.3 is 11.9 Å². The number of aromatic nitrogens is 1. The molecule has 2 aromatic carbocycles. The van der Waals surface area contributed by atoms with Crippen molar-refractivity contribution in [2.24, 2.45) is 0 Å². The molecule has 0 radical (unpaired) electrons. The predicted octanol–water partition coefficient (Wildman–Crippen LogP) is 4.82. The van der Waals surface area contributed by atoms with Gasteiger partial charge in [-0.3, -0.25) is 4.98 Å². The van der Waals surface area contributed by atoms with E-state index >= 15 is 0 Å². The largest absolute Gasteiger partial charge is 0.496 e. The van der Waals surface area contributed by atoms with E-state index in [2.05, 4.69) is 11.6 Å². The van der Waals surface area contributed by atoms with Gasteiger partial charge in [-0.05, 0) is 59.2 Å². The Morgan fingerprint density at radius 2 is 1.70 bits per heavy atom. The molecule has 0 aliphatic carbocycles. The molecule has 9 nitrogen and oxygen atoms in total. The molecule has 0 saturated carbocycles. The van der Waals surface area contributed by atoms with Gasteiger partial charge in [-0.25, -0.2) is 9.59 Å². The van der Waals surface area contributed by atoms with Crippen molar-refractivity contribution >= 4 is 17.5 Å². The topological polar surface area (TPSA) is 113 Å². The Balaban J connectivity index is 2.03. The Labute approximate surface area is 233 Å². The summed E-state index contributed by atoms with van der Waals surface area (Å²) in [7, 11) is 4.41. The molecule has 0 unspecified atom stereocenters. The third-order valence-electron chi connectivity index (χ3n) is 5.92. The van der Waals surface area contributed by atoms with E-state index in [1.54, 1.807) is 61.7 Å². The van der Waals surface area contributed by atoms with Crippen LogP contribution in [-0.2, 0) is 14.2 Å². The lowest BCUT2D eigenvalue weighted by atomic mass is 9.94. The van der Waals surface area contributed by atoms with Crippen molar-refractivity contribution in [1.29, 1.82) is 0 Å². The lowest BCUT2D eigenvalue weighted by molar-refractivity contribution is 0.0303. The molecule has 0 bridgehead atoms. The molecule has 0 saturated heterocycles. The summed E-state index contributed by atoms with van der Waals surface area (Å²) in [5, 5.41) is 9.03. The van der Waals surface area contributed by atoms with Crippen LogP contribution >= 0.6 is 0 Å². The maximum atomic E-state index is 13.0. The summed E-state index contributed by atoms with van der Waals surface area (Å²) in [6.45, 7) is 4.45. The zero-order valence-electron chi connectivity index (χ0n) is 22.8. The molecule has 0 aliphatic heterocycles. The fourth-order valence-electron chi connectivity index (χ4n) is 3.96. The first kappa shape index (κ1) is 30.1. The van der Waals surface area contributed by atoms with Crippen LogP contribution in [-0.4, -0.2) is 63.2 Å². The van der Waals surface area contributed by atoms with Crippen LogP contribution in [0.25, 0.3) is 5.57 Å². The zero-order chi connectivity index (χ0) is 28.9. The molecule has 0 spiro atoms. The molecular weight excluding hydrogens is 514 g/mol. The van der Waals surface area contributed by atoms with E-state index in [1.807, 2.05) is 6.08 Å². The highest BCUT2D eigenvalue weighted by atomic mass is 16.5. The number of carbonyl (C=O) groups is 2.